The highest BCUT2D eigenvalue weighted by atomic mass is 19.4. The van der Waals surface area contributed by atoms with Gasteiger partial charge in [0, 0.05) is 23.6 Å². The number of halogens is 3. The molecule has 1 atom stereocenters. The van der Waals surface area contributed by atoms with E-state index in [1.165, 1.54) is 17.2 Å². The lowest BCUT2D eigenvalue weighted by molar-refractivity contribution is -0.137. The molecule has 0 spiro atoms. The largest absolute Gasteiger partial charge is 0.491 e. The fourth-order valence-corrected chi connectivity index (χ4v) is 4.00. The molecule has 2 aliphatic heterocycles. The standard InChI is InChI=1S/C21H17F3N4O3/c1-28(17-9-31-18-4-10(21(22,23)24)2-3-11(17)18)20(29)15-5-12-13-7-30-8-14(13)19(25)27-16(12)6-26-15/h2-6,17H,7-9H2,1H3,(H2,25,27)/t17-/m0/s1. The normalized spacial score (nSPS) is 17.4. The van der Waals surface area contributed by atoms with Crippen molar-refractivity contribution in [3.63, 3.8) is 0 Å². The van der Waals surface area contributed by atoms with Crippen LogP contribution in [0.15, 0.2) is 30.5 Å². The minimum absolute atomic E-state index is 0.0633. The molecule has 31 heavy (non-hydrogen) atoms. The molecule has 0 saturated heterocycles. The summed E-state index contributed by atoms with van der Waals surface area (Å²) in [6.07, 6.45) is -2.98. The first-order chi connectivity index (χ1) is 14.7. The van der Waals surface area contributed by atoms with Crippen molar-refractivity contribution < 1.29 is 27.4 Å². The third-order valence-electron chi connectivity index (χ3n) is 5.72. The maximum Gasteiger partial charge on any atom is 0.416 e. The topological polar surface area (TPSA) is 90.6 Å². The molecular weight excluding hydrogens is 413 g/mol. The van der Waals surface area contributed by atoms with Gasteiger partial charge in [-0.05, 0) is 23.8 Å². The Balaban J connectivity index is 1.47. The van der Waals surface area contributed by atoms with Crippen LogP contribution in [0.1, 0.15) is 38.8 Å². The fraction of sp³-hybridized carbons (Fsp3) is 0.286. The van der Waals surface area contributed by atoms with Gasteiger partial charge in [0.25, 0.3) is 5.91 Å². The number of nitrogens with zero attached hydrogens (tertiary/aromatic N) is 3. The summed E-state index contributed by atoms with van der Waals surface area (Å²) in [5.41, 5.74) is 8.15. The van der Waals surface area contributed by atoms with Crippen LogP contribution in [0.2, 0.25) is 0 Å². The average molecular weight is 430 g/mol. The van der Waals surface area contributed by atoms with Crippen molar-refractivity contribution in [2.45, 2.75) is 25.4 Å². The lowest BCUT2D eigenvalue weighted by Crippen LogP contribution is -2.32. The molecule has 0 radical (unpaired) electrons. The summed E-state index contributed by atoms with van der Waals surface area (Å²) in [7, 11) is 1.57. The van der Waals surface area contributed by atoms with Crippen molar-refractivity contribution >= 4 is 22.6 Å². The first kappa shape index (κ1) is 19.6. The van der Waals surface area contributed by atoms with E-state index in [0.717, 1.165) is 28.6 Å². The number of likely N-dealkylation sites (N-methyl/N-ethyl adjacent to an activating group) is 1. The minimum Gasteiger partial charge on any atom is -0.491 e. The van der Waals surface area contributed by atoms with Crippen molar-refractivity contribution in [3.05, 3.63) is 58.4 Å². The zero-order chi connectivity index (χ0) is 21.9. The number of nitrogens with two attached hydrogens (primary N) is 1. The molecule has 160 valence electrons. The van der Waals surface area contributed by atoms with E-state index in [1.807, 2.05) is 0 Å². The second kappa shape index (κ2) is 6.81. The van der Waals surface area contributed by atoms with Gasteiger partial charge in [-0.3, -0.25) is 4.79 Å². The molecule has 1 amide bonds. The van der Waals surface area contributed by atoms with Crippen LogP contribution < -0.4 is 10.5 Å². The number of hydrogen-bond acceptors (Lipinski definition) is 6. The number of hydrogen-bond donors (Lipinski definition) is 1. The summed E-state index contributed by atoms with van der Waals surface area (Å²) in [6.45, 7) is 0.803. The average Bonchev–Trinajstić information content (AvgIpc) is 3.39. The molecule has 2 aromatic heterocycles. The number of carbonyl (C=O) groups is 1. The van der Waals surface area contributed by atoms with Gasteiger partial charge >= 0.3 is 6.18 Å². The molecule has 0 bridgehead atoms. The van der Waals surface area contributed by atoms with Gasteiger partial charge < -0.3 is 20.1 Å². The summed E-state index contributed by atoms with van der Waals surface area (Å²) in [5.74, 6) is 0.129. The van der Waals surface area contributed by atoms with Crippen molar-refractivity contribution in [1.29, 1.82) is 0 Å². The third kappa shape index (κ3) is 3.14. The van der Waals surface area contributed by atoms with E-state index in [2.05, 4.69) is 9.97 Å². The number of benzene rings is 1. The fourth-order valence-electron chi connectivity index (χ4n) is 4.00. The molecule has 0 aliphatic carbocycles. The number of amides is 1. The number of alkyl halides is 3. The summed E-state index contributed by atoms with van der Waals surface area (Å²) < 4.78 is 49.8. The Bertz CT molecular complexity index is 1230. The number of nitrogen functional groups attached to an aromatic ring is 1. The monoisotopic (exact) mass is 430 g/mol. The number of aromatic nitrogens is 2. The van der Waals surface area contributed by atoms with E-state index in [9.17, 15) is 18.0 Å². The maximum atomic E-state index is 13.1. The molecule has 0 unspecified atom stereocenters. The molecule has 0 fully saturated rings. The molecule has 10 heteroatoms. The molecule has 5 rings (SSSR count). The summed E-state index contributed by atoms with van der Waals surface area (Å²) in [4.78, 5) is 23.1. The quantitative estimate of drug-likeness (QED) is 0.670. The van der Waals surface area contributed by atoms with E-state index >= 15 is 0 Å². The van der Waals surface area contributed by atoms with Crippen LogP contribution in [-0.2, 0) is 24.1 Å². The number of carbonyl (C=O) groups excluding carboxylic acids is 1. The van der Waals surface area contributed by atoms with Crippen LogP contribution in [0, 0.1) is 0 Å². The van der Waals surface area contributed by atoms with Crippen molar-refractivity contribution in [1.82, 2.24) is 14.9 Å². The van der Waals surface area contributed by atoms with Gasteiger partial charge in [-0.2, -0.15) is 13.2 Å². The highest BCUT2D eigenvalue weighted by Crippen LogP contribution is 2.40. The summed E-state index contributed by atoms with van der Waals surface area (Å²) >= 11 is 0. The molecular formula is C21H17F3N4O3. The minimum atomic E-state index is -4.46. The Kier molecular flexibility index (Phi) is 4.30. The van der Waals surface area contributed by atoms with Gasteiger partial charge in [0.15, 0.2) is 0 Å². The van der Waals surface area contributed by atoms with Gasteiger partial charge in [0.05, 0.1) is 36.5 Å². The van der Waals surface area contributed by atoms with Crippen molar-refractivity contribution in [2.75, 3.05) is 19.4 Å². The van der Waals surface area contributed by atoms with Crippen LogP contribution in [0.25, 0.3) is 10.9 Å². The van der Waals surface area contributed by atoms with Crippen molar-refractivity contribution in [2.24, 2.45) is 0 Å². The number of pyridine rings is 2. The van der Waals surface area contributed by atoms with Gasteiger partial charge in [-0.15, -0.1) is 0 Å². The van der Waals surface area contributed by atoms with Gasteiger partial charge in [-0.25, -0.2) is 9.97 Å². The Morgan fingerprint density at radius 1 is 1.23 bits per heavy atom. The molecule has 2 N–H and O–H groups in total. The smallest absolute Gasteiger partial charge is 0.416 e. The second-order valence-corrected chi connectivity index (χ2v) is 7.53. The molecule has 0 saturated carbocycles. The molecule has 4 heterocycles. The zero-order valence-electron chi connectivity index (χ0n) is 16.4. The van der Waals surface area contributed by atoms with E-state index in [0.29, 0.717) is 30.1 Å². The third-order valence-corrected chi connectivity index (χ3v) is 5.72. The first-order valence-electron chi connectivity index (χ1n) is 9.50. The predicted molar refractivity (Wildman–Crippen MR) is 104 cm³/mol. The lowest BCUT2D eigenvalue weighted by atomic mass is 10.0. The Morgan fingerprint density at radius 3 is 2.77 bits per heavy atom. The van der Waals surface area contributed by atoms with Gasteiger partial charge in [-0.1, -0.05) is 6.07 Å². The highest BCUT2D eigenvalue weighted by Gasteiger charge is 2.36. The van der Waals surface area contributed by atoms with Gasteiger partial charge in [0.1, 0.15) is 23.9 Å². The lowest BCUT2D eigenvalue weighted by Gasteiger charge is -2.23. The predicted octanol–water partition coefficient (Wildman–Crippen LogP) is 3.47. The maximum absolute atomic E-state index is 13.1. The molecule has 1 aromatic carbocycles. The molecule has 3 aromatic rings. The number of anilines is 1. The van der Waals surface area contributed by atoms with E-state index in [4.69, 9.17) is 15.2 Å². The van der Waals surface area contributed by atoms with Crippen LogP contribution in [-0.4, -0.2) is 34.4 Å². The van der Waals surface area contributed by atoms with Crippen LogP contribution in [0.4, 0.5) is 19.0 Å². The molecule has 7 nitrogen and oxygen atoms in total. The SMILES string of the molecule is CN(C(=O)c1cc2c3c(c(N)nc2cn1)COC3)[C@H]1COc2cc(C(F)(F)F)ccc21. The van der Waals surface area contributed by atoms with Crippen LogP contribution in [0.5, 0.6) is 5.75 Å². The zero-order valence-corrected chi connectivity index (χ0v) is 16.4. The number of fused-ring (bicyclic) bond motifs is 4. The van der Waals surface area contributed by atoms with E-state index in [1.54, 1.807) is 13.1 Å². The van der Waals surface area contributed by atoms with Crippen LogP contribution >= 0.6 is 0 Å². The van der Waals surface area contributed by atoms with Crippen molar-refractivity contribution in [3.8, 4) is 5.75 Å². The first-order valence-corrected chi connectivity index (χ1v) is 9.50. The Labute approximate surface area is 174 Å². The van der Waals surface area contributed by atoms with Crippen LogP contribution in [0.3, 0.4) is 0 Å². The summed E-state index contributed by atoms with van der Waals surface area (Å²) in [5, 5.41) is 0.742. The van der Waals surface area contributed by atoms with E-state index < -0.39 is 17.8 Å². The molecule has 2 aliphatic rings. The Hall–Kier alpha value is -3.40. The number of rotatable bonds is 2. The van der Waals surface area contributed by atoms with Gasteiger partial charge in [0.2, 0.25) is 0 Å². The second-order valence-electron chi connectivity index (χ2n) is 7.53. The van der Waals surface area contributed by atoms with E-state index in [-0.39, 0.29) is 24.0 Å². The highest BCUT2D eigenvalue weighted by molar-refractivity contribution is 5.97. The Morgan fingerprint density at radius 2 is 2.00 bits per heavy atom. The number of ether oxygens (including phenoxy) is 2. The summed E-state index contributed by atoms with van der Waals surface area (Å²) in [6, 6.07) is 4.43.